The highest BCUT2D eigenvalue weighted by molar-refractivity contribution is 7.11. The molecule has 18 heavy (non-hydrogen) atoms. The molecule has 2 atom stereocenters. The van der Waals surface area contributed by atoms with Gasteiger partial charge in [0, 0.05) is 22.9 Å². The van der Waals surface area contributed by atoms with Gasteiger partial charge in [-0.3, -0.25) is 0 Å². The topological polar surface area (TPSA) is 28.2 Å². The minimum atomic E-state index is 0.155. The second-order valence-corrected chi connectivity index (χ2v) is 6.69. The van der Waals surface area contributed by atoms with Crippen LogP contribution >= 0.6 is 11.3 Å². The number of nitrogens with zero attached hydrogens (tertiary/aromatic N) is 2. The van der Waals surface area contributed by atoms with Gasteiger partial charge in [-0.25, -0.2) is 4.98 Å². The van der Waals surface area contributed by atoms with Crippen LogP contribution in [0.5, 0.6) is 0 Å². The van der Waals surface area contributed by atoms with E-state index in [1.165, 1.54) is 15.6 Å². The zero-order valence-electron chi connectivity index (χ0n) is 12.8. The van der Waals surface area contributed by atoms with Crippen LogP contribution in [0.3, 0.4) is 0 Å². The van der Waals surface area contributed by atoms with Crippen LogP contribution in [0.15, 0.2) is 0 Å². The molecule has 0 amide bonds. The molecule has 0 radical (unpaired) electrons. The molecule has 1 rings (SSSR count). The van der Waals surface area contributed by atoms with Gasteiger partial charge in [-0.05, 0) is 48.3 Å². The number of rotatable bonds is 6. The number of hydrogen-bond acceptors (Lipinski definition) is 4. The summed E-state index contributed by atoms with van der Waals surface area (Å²) in [6.07, 6.45) is 2.12. The normalized spacial score (nSPS) is 16.9. The van der Waals surface area contributed by atoms with E-state index in [1.807, 2.05) is 11.3 Å². The fraction of sp³-hybridized carbons (Fsp3) is 0.786. The van der Waals surface area contributed by atoms with Gasteiger partial charge in [-0.1, -0.05) is 6.92 Å². The Morgan fingerprint density at radius 1 is 1.39 bits per heavy atom. The lowest BCUT2D eigenvalue weighted by Gasteiger charge is -2.42. The first-order valence-corrected chi connectivity index (χ1v) is 7.44. The Labute approximate surface area is 116 Å². The summed E-state index contributed by atoms with van der Waals surface area (Å²) in [7, 11) is 6.37. The SMILES string of the molecule is CCC(C)(C(Cc1nc(C)c(C)s1)NC)N(C)C. The van der Waals surface area contributed by atoms with Gasteiger partial charge in [0.2, 0.25) is 0 Å². The van der Waals surface area contributed by atoms with Crippen LogP contribution < -0.4 is 5.32 Å². The number of thiazole rings is 1. The summed E-state index contributed by atoms with van der Waals surface area (Å²) in [6, 6.07) is 0.419. The molecule has 0 fully saturated rings. The maximum atomic E-state index is 4.67. The predicted octanol–water partition coefficient (Wildman–Crippen LogP) is 2.62. The van der Waals surface area contributed by atoms with E-state index in [-0.39, 0.29) is 5.54 Å². The van der Waals surface area contributed by atoms with Gasteiger partial charge in [-0.2, -0.15) is 0 Å². The first kappa shape index (κ1) is 15.6. The molecule has 3 nitrogen and oxygen atoms in total. The molecular weight excluding hydrogens is 242 g/mol. The van der Waals surface area contributed by atoms with E-state index in [0.29, 0.717) is 6.04 Å². The monoisotopic (exact) mass is 269 g/mol. The van der Waals surface area contributed by atoms with Crippen molar-refractivity contribution in [2.24, 2.45) is 0 Å². The maximum absolute atomic E-state index is 4.67. The molecule has 0 aromatic carbocycles. The molecule has 0 saturated heterocycles. The van der Waals surface area contributed by atoms with Gasteiger partial charge in [0.15, 0.2) is 0 Å². The zero-order chi connectivity index (χ0) is 13.9. The summed E-state index contributed by atoms with van der Waals surface area (Å²) >= 11 is 1.83. The third kappa shape index (κ3) is 3.11. The van der Waals surface area contributed by atoms with Crippen molar-refractivity contribution in [3.05, 3.63) is 15.6 Å². The number of aromatic nitrogens is 1. The van der Waals surface area contributed by atoms with E-state index in [2.05, 4.69) is 64.0 Å². The van der Waals surface area contributed by atoms with Crippen molar-refractivity contribution in [1.82, 2.24) is 15.2 Å². The van der Waals surface area contributed by atoms with Crippen LogP contribution in [0.4, 0.5) is 0 Å². The average Bonchev–Trinajstić information content (AvgIpc) is 2.64. The summed E-state index contributed by atoms with van der Waals surface area (Å²) in [5.74, 6) is 0. The van der Waals surface area contributed by atoms with Crippen molar-refractivity contribution < 1.29 is 0 Å². The largest absolute Gasteiger partial charge is 0.315 e. The summed E-state index contributed by atoms with van der Waals surface area (Å²) in [5, 5.41) is 4.72. The van der Waals surface area contributed by atoms with Crippen molar-refractivity contribution in [3.8, 4) is 0 Å². The lowest BCUT2D eigenvalue weighted by atomic mass is 9.86. The predicted molar refractivity (Wildman–Crippen MR) is 80.5 cm³/mol. The molecule has 1 heterocycles. The van der Waals surface area contributed by atoms with Crippen LogP contribution in [-0.4, -0.2) is 42.6 Å². The van der Waals surface area contributed by atoms with Crippen LogP contribution in [0.1, 0.15) is 35.8 Å². The van der Waals surface area contributed by atoms with Crippen molar-refractivity contribution in [2.45, 2.75) is 52.1 Å². The summed E-state index contributed by atoms with van der Waals surface area (Å²) in [4.78, 5) is 8.32. The van der Waals surface area contributed by atoms with E-state index >= 15 is 0 Å². The van der Waals surface area contributed by atoms with E-state index in [4.69, 9.17) is 0 Å². The van der Waals surface area contributed by atoms with Crippen molar-refractivity contribution in [2.75, 3.05) is 21.1 Å². The Morgan fingerprint density at radius 3 is 2.33 bits per heavy atom. The molecule has 104 valence electrons. The second-order valence-electron chi connectivity index (χ2n) is 5.40. The highest BCUT2D eigenvalue weighted by Gasteiger charge is 2.34. The van der Waals surface area contributed by atoms with Gasteiger partial charge < -0.3 is 10.2 Å². The third-order valence-electron chi connectivity index (χ3n) is 4.29. The Bertz CT molecular complexity index is 367. The zero-order valence-corrected chi connectivity index (χ0v) is 13.6. The van der Waals surface area contributed by atoms with Crippen molar-refractivity contribution in [3.63, 3.8) is 0 Å². The number of aryl methyl sites for hydroxylation is 2. The van der Waals surface area contributed by atoms with E-state index in [9.17, 15) is 0 Å². The molecule has 0 saturated carbocycles. The van der Waals surface area contributed by atoms with E-state index in [0.717, 1.165) is 12.8 Å². The summed E-state index contributed by atoms with van der Waals surface area (Å²) in [5.41, 5.74) is 1.33. The molecular formula is C14H27N3S. The molecule has 1 aromatic rings. The lowest BCUT2D eigenvalue weighted by Crippen LogP contribution is -2.56. The number of nitrogens with one attached hydrogen (secondary N) is 1. The molecule has 0 aliphatic heterocycles. The Hall–Kier alpha value is -0.450. The lowest BCUT2D eigenvalue weighted by molar-refractivity contribution is 0.116. The van der Waals surface area contributed by atoms with Crippen molar-refractivity contribution in [1.29, 1.82) is 0 Å². The Balaban J connectivity index is 2.90. The fourth-order valence-electron chi connectivity index (χ4n) is 2.31. The highest BCUT2D eigenvalue weighted by Crippen LogP contribution is 2.26. The maximum Gasteiger partial charge on any atom is 0.0947 e. The first-order chi connectivity index (χ1) is 8.35. The van der Waals surface area contributed by atoms with Gasteiger partial charge in [0.05, 0.1) is 10.7 Å². The number of likely N-dealkylation sites (N-methyl/N-ethyl adjacent to an activating group) is 2. The minimum Gasteiger partial charge on any atom is -0.315 e. The van der Waals surface area contributed by atoms with Crippen LogP contribution in [-0.2, 0) is 6.42 Å². The van der Waals surface area contributed by atoms with Crippen molar-refractivity contribution >= 4 is 11.3 Å². The van der Waals surface area contributed by atoms with Crippen LogP contribution in [0.25, 0.3) is 0 Å². The fourth-order valence-corrected chi connectivity index (χ4v) is 3.29. The molecule has 0 bridgehead atoms. The smallest absolute Gasteiger partial charge is 0.0947 e. The molecule has 1 aromatic heterocycles. The molecule has 1 N–H and O–H groups in total. The molecule has 0 aliphatic carbocycles. The Morgan fingerprint density at radius 2 is 2.00 bits per heavy atom. The van der Waals surface area contributed by atoms with E-state index < -0.39 is 0 Å². The van der Waals surface area contributed by atoms with Gasteiger partial charge in [0.25, 0.3) is 0 Å². The second kappa shape index (κ2) is 6.13. The Kier molecular flexibility index (Phi) is 5.32. The quantitative estimate of drug-likeness (QED) is 0.860. The molecule has 4 heteroatoms. The van der Waals surface area contributed by atoms with Crippen LogP contribution in [0.2, 0.25) is 0 Å². The van der Waals surface area contributed by atoms with Crippen LogP contribution in [0, 0.1) is 13.8 Å². The standard InChI is InChI=1S/C14H27N3S/c1-8-14(4,17(6)7)12(15-5)9-13-16-10(2)11(3)18-13/h12,15H,8-9H2,1-7H3. The van der Waals surface area contributed by atoms with Gasteiger partial charge >= 0.3 is 0 Å². The molecule has 0 spiro atoms. The first-order valence-electron chi connectivity index (χ1n) is 6.62. The highest BCUT2D eigenvalue weighted by atomic mass is 32.1. The minimum absolute atomic E-state index is 0.155. The third-order valence-corrected chi connectivity index (χ3v) is 5.38. The molecule has 2 unspecified atom stereocenters. The van der Waals surface area contributed by atoms with E-state index in [1.54, 1.807) is 0 Å². The van der Waals surface area contributed by atoms with Gasteiger partial charge in [-0.15, -0.1) is 11.3 Å². The number of hydrogen-bond donors (Lipinski definition) is 1. The molecule has 0 aliphatic rings. The van der Waals surface area contributed by atoms with Gasteiger partial charge in [0.1, 0.15) is 0 Å². The summed E-state index contributed by atoms with van der Waals surface area (Å²) in [6.45, 7) is 8.81. The summed E-state index contributed by atoms with van der Waals surface area (Å²) < 4.78 is 0. The average molecular weight is 269 g/mol.